The quantitative estimate of drug-likeness (QED) is 0.815. The highest BCUT2D eigenvalue weighted by Gasteiger charge is 2.36. The lowest BCUT2D eigenvalue weighted by Gasteiger charge is -2.31. The summed E-state index contributed by atoms with van der Waals surface area (Å²) in [7, 11) is 0. The highest BCUT2D eigenvalue weighted by molar-refractivity contribution is 5.98. The number of hydrogen-bond donors (Lipinski definition) is 2. The SMILES string of the molecule is O=C(O)N1CCC(Oc2ccc3[nH]c(C(=O)N4CCC(F)(F)CC4)cc3c2)CC1. The van der Waals surface area contributed by atoms with E-state index < -0.39 is 12.0 Å². The molecule has 2 aromatic rings. The maximum absolute atomic E-state index is 13.3. The van der Waals surface area contributed by atoms with Gasteiger partial charge in [-0.2, -0.15) is 0 Å². The summed E-state index contributed by atoms with van der Waals surface area (Å²) in [4.78, 5) is 29.5. The van der Waals surface area contributed by atoms with Gasteiger partial charge in [0.15, 0.2) is 0 Å². The average molecular weight is 407 g/mol. The Labute approximate surface area is 166 Å². The Kier molecular flexibility index (Phi) is 5.06. The highest BCUT2D eigenvalue weighted by Crippen LogP contribution is 2.29. The average Bonchev–Trinajstić information content (AvgIpc) is 3.11. The third-order valence-electron chi connectivity index (χ3n) is 5.62. The summed E-state index contributed by atoms with van der Waals surface area (Å²) >= 11 is 0. The molecule has 7 nitrogen and oxygen atoms in total. The third kappa shape index (κ3) is 4.28. The molecule has 0 radical (unpaired) electrons. The normalized spacial score (nSPS) is 20.1. The Balaban J connectivity index is 1.41. The number of rotatable bonds is 3. The Morgan fingerprint density at radius 3 is 2.41 bits per heavy atom. The van der Waals surface area contributed by atoms with Crippen molar-refractivity contribution in [3.63, 3.8) is 0 Å². The van der Waals surface area contributed by atoms with Crippen molar-refractivity contribution in [2.75, 3.05) is 26.2 Å². The summed E-state index contributed by atoms with van der Waals surface area (Å²) in [5.74, 6) is -2.31. The number of nitrogens with zero attached hydrogens (tertiary/aromatic N) is 2. The van der Waals surface area contributed by atoms with Gasteiger partial charge in [0.05, 0.1) is 0 Å². The fraction of sp³-hybridized carbons (Fsp3) is 0.500. The highest BCUT2D eigenvalue weighted by atomic mass is 19.3. The molecular formula is C20H23F2N3O4. The maximum Gasteiger partial charge on any atom is 0.407 e. The summed E-state index contributed by atoms with van der Waals surface area (Å²) in [5.41, 5.74) is 1.14. The van der Waals surface area contributed by atoms with E-state index >= 15 is 0 Å². The summed E-state index contributed by atoms with van der Waals surface area (Å²) in [6.07, 6.45) is -0.332. The largest absolute Gasteiger partial charge is 0.490 e. The van der Waals surface area contributed by atoms with Gasteiger partial charge in [-0.25, -0.2) is 13.6 Å². The first-order valence-electron chi connectivity index (χ1n) is 9.75. The van der Waals surface area contributed by atoms with Crippen LogP contribution in [0.25, 0.3) is 10.9 Å². The van der Waals surface area contributed by atoms with Gasteiger partial charge in [0.1, 0.15) is 17.5 Å². The zero-order chi connectivity index (χ0) is 20.6. The van der Waals surface area contributed by atoms with Crippen LogP contribution < -0.4 is 4.74 Å². The van der Waals surface area contributed by atoms with Gasteiger partial charge in [-0.3, -0.25) is 4.79 Å². The first kappa shape index (κ1) is 19.5. The fourth-order valence-electron chi connectivity index (χ4n) is 3.86. The predicted octanol–water partition coefficient (Wildman–Crippen LogP) is 3.56. The van der Waals surface area contributed by atoms with E-state index in [4.69, 9.17) is 9.84 Å². The van der Waals surface area contributed by atoms with E-state index in [2.05, 4.69) is 4.98 Å². The van der Waals surface area contributed by atoms with Crippen molar-refractivity contribution >= 4 is 22.9 Å². The van der Waals surface area contributed by atoms with E-state index in [1.54, 1.807) is 12.1 Å². The molecule has 2 fully saturated rings. The van der Waals surface area contributed by atoms with Crippen LogP contribution in [-0.2, 0) is 0 Å². The molecule has 2 saturated heterocycles. The first-order valence-corrected chi connectivity index (χ1v) is 9.75. The molecule has 2 aliphatic heterocycles. The number of amides is 2. The van der Waals surface area contributed by atoms with Crippen molar-refractivity contribution < 1.29 is 28.2 Å². The number of ether oxygens (including phenoxy) is 1. The maximum atomic E-state index is 13.3. The van der Waals surface area contributed by atoms with E-state index in [1.807, 2.05) is 12.1 Å². The zero-order valence-electron chi connectivity index (χ0n) is 15.9. The molecule has 2 N–H and O–H groups in total. The molecule has 3 heterocycles. The summed E-state index contributed by atoms with van der Waals surface area (Å²) in [5, 5.41) is 9.82. The number of likely N-dealkylation sites (tertiary alicyclic amines) is 2. The molecule has 29 heavy (non-hydrogen) atoms. The number of piperidine rings is 2. The van der Waals surface area contributed by atoms with Crippen LogP contribution in [0.3, 0.4) is 0 Å². The molecule has 2 amide bonds. The number of nitrogens with one attached hydrogen (secondary N) is 1. The van der Waals surface area contributed by atoms with Crippen molar-refractivity contribution in [1.82, 2.24) is 14.8 Å². The van der Waals surface area contributed by atoms with E-state index in [0.29, 0.717) is 37.4 Å². The molecule has 0 unspecified atom stereocenters. The number of fused-ring (bicyclic) bond motifs is 1. The second-order valence-corrected chi connectivity index (χ2v) is 7.67. The van der Waals surface area contributed by atoms with Crippen molar-refractivity contribution in [3.05, 3.63) is 30.0 Å². The van der Waals surface area contributed by atoms with Gasteiger partial charge < -0.3 is 24.6 Å². The van der Waals surface area contributed by atoms with E-state index in [0.717, 1.165) is 10.9 Å². The summed E-state index contributed by atoms with van der Waals surface area (Å²) in [6, 6.07) is 7.16. The molecule has 1 aromatic heterocycles. The first-order chi connectivity index (χ1) is 13.8. The molecule has 0 spiro atoms. The number of alkyl halides is 2. The fourth-order valence-corrected chi connectivity index (χ4v) is 3.86. The molecule has 0 atom stereocenters. The van der Waals surface area contributed by atoms with Gasteiger partial charge in [0.2, 0.25) is 0 Å². The molecule has 2 aliphatic rings. The number of carboxylic acid groups (broad SMARTS) is 1. The lowest BCUT2D eigenvalue weighted by molar-refractivity contribution is -0.0495. The van der Waals surface area contributed by atoms with Crippen LogP contribution in [0.2, 0.25) is 0 Å². The van der Waals surface area contributed by atoms with Crippen molar-refractivity contribution in [2.24, 2.45) is 0 Å². The Morgan fingerprint density at radius 2 is 1.76 bits per heavy atom. The lowest BCUT2D eigenvalue weighted by atomic mass is 10.1. The Morgan fingerprint density at radius 1 is 1.07 bits per heavy atom. The summed E-state index contributed by atoms with van der Waals surface area (Å²) < 4.78 is 32.6. The number of halogens is 2. The minimum atomic E-state index is -2.69. The standard InChI is InChI=1S/C20H23F2N3O4/c21-20(22)5-9-24(10-6-20)18(26)17-12-13-11-15(1-2-16(13)23-17)29-14-3-7-25(8-4-14)19(27)28/h1-2,11-12,14,23H,3-10H2,(H,27,28). The second-order valence-electron chi connectivity index (χ2n) is 7.67. The van der Waals surface area contributed by atoms with E-state index in [9.17, 15) is 18.4 Å². The molecular weight excluding hydrogens is 384 g/mol. The number of carbonyl (C=O) groups excluding carboxylic acids is 1. The Hall–Kier alpha value is -2.84. The van der Waals surface area contributed by atoms with Crippen LogP contribution in [0.15, 0.2) is 24.3 Å². The predicted molar refractivity (Wildman–Crippen MR) is 102 cm³/mol. The van der Waals surface area contributed by atoms with Crippen LogP contribution >= 0.6 is 0 Å². The smallest absolute Gasteiger partial charge is 0.407 e. The lowest BCUT2D eigenvalue weighted by Crippen LogP contribution is -2.42. The van der Waals surface area contributed by atoms with Crippen molar-refractivity contribution in [2.45, 2.75) is 37.7 Å². The van der Waals surface area contributed by atoms with Gasteiger partial charge in [-0.1, -0.05) is 0 Å². The number of hydrogen-bond acceptors (Lipinski definition) is 3. The van der Waals surface area contributed by atoms with Gasteiger partial charge in [0.25, 0.3) is 11.8 Å². The van der Waals surface area contributed by atoms with Gasteiger partial charge in [-0.05, 0) is 24.3 Å². The van der Waals surface area contributed by atoms with E-state index in [1.165, 1.54) is 9.80 Å². The molecule has 0 bridgehead atoms. The molecule has 156 valence electrons. The number of carbonyl (C=O) groups is 2. The van der Waals surface area contributed by atoms with Crippen LogP contribution in [0.4, 0.5) is 13.6 Å². The molecule has 1 aromatic carbocycles. The number of benzene rings is 1. The van der Waals surface area contributed by atoms with Crippen molar-refractivity contribution in [1.29, 1.82) is 0 Å². The van der Waals surface area contributed by atoms with Crippen molar-refractivity contribution in [3.8, 4) is 5.75 Å². The zero-order valence-corrected chi connectivity index (χ0v) is 15.9. The molecule has 0 saturated carbocycles. The van der Waals surface area contributed by atoms with Gasteiger partial charge >= 0.3 is 6.09 Å². The minimum Gasteiger partial charge on any atom is -0.490 e. The van der Waals surface area contributed by atoms with Crippen LogP contribution in [0, 0.1) is 0 Å². The molecule has 9 heteroatoms. The summed E-state index contributed by atoms with van der Waals surface area (Å²) in [6.45, 7) is 0.981. The van der Waals surface area contributed by atoms with E-state index in [-0.39, 0.29) is 37.9 Å². The second kappa shape index (κ2) is 7.53. The number of aromatic nitrogens is 1. The third-order valence-corrected chi connectivity index (χ3v) is 5.62. The minimum absolute atomic E-state index is 0.0462. The van der Waals surface area contributed by atoms with Crippen LogP contribution in [0.1, 0.15) is 36.2 Å². The molecule has 4 rings (SSSR count). The monoisotopic (exact) mass is 407 g/mol. The van der Waals surface area contributed by atoms with Crippen LogP contribution in [0.5, 0.6) is 5.75 Å². The van der Waals surface area contributed by atoms with Gasteiger partial charge in [-0.15, -0.1) is 0 Å². The number of aromatic amines is 1. The Bertz CT molecular complexity index is 912. The van der Waals surface area contributed by atoms with Gasteiger partial charge in [0, 0.05) is 62.8 Å². The molecule has 0 aliphatic carbocycles. The number of H-pyrrole nitrogens is 1. The van der Waals surface area contributed by atoms with Crippen LogP contribution in [-0.4, -0.2) is 70.1 Å². The topological polar surface area (TPSA) is 85.9 Å².